The van der Waals surface area contributed by atoms with Crippen LogP contribution in [0, 0.1) is 11.6 Å². The quantitative estimate of drug-likeness (QED) is 0.924. The van der Waals surface area contributed by atoms with Crippen LogP contribution < -0.4 is 5.73 Å². The van der Waals surface area contributed by atoms with Crippen molar-refractivity contribution in [1.82, 2.24) is 4.98 Å². The molecule has 0 aliphatic carbocycles. The largest absolute Gasteiger partial charge is 0.330 e. The molecule has 2 nitrogen and oxygen atoms in total. The Morgan fingerprint density at radius 3 is 2.72 bits per heavy atom. The standard InChI is InChI=1S/C13H12F2N2S/c14-11-4-3-10(8-12(11)15)18-13-9(5-6-16)2-1-7-17-13/h1-4,7-8H,5-6,16H2. The summed E-state index contributed by atoms with van der Waals surface area (Å²) in [6.07, 6.45) is 2.38. The van der Waals surface area contributed by atoms with Crippen LogP contribution in [-0.2, 0) is 6.42 Å². The smallest absolute Gasteiger partial charge is 0.159 e. The zero-order valence-electron chi connectivity index (χ0n) is 9.57. The van der Waals surface area contributed by atoms with Crippen molar-refractivity contribution >= 4 is 11.8 Å². The van der Waals surface area contributed by atoms with E-state index >= 15 is 0 Å². The fourth-order valence-corrected chi connectivity index (χ4v) is 2.45. The molecular formula is C13H12F2N2S. The molecule has 0 fully saturated rings. The van der Waals surface area contributed by atoms with E-state index in [0.29, 0.717) is 17.9 Å². The van der Waals surface area contributed by atoms with Gasteiger partial charge in [-0.3, -0.25) is 0 Å². The van der Waals surface area contributed by atoms with Gasteiger partial charge in [0.05, 0.1) is 0 Å². The number of nitrogens with zero attached hydrogens (tertiary/aromatic N) is 1. The first kappa shape index (κ1) is 13.0. The van der Waals surface area contributed by atoms with Crippen molar-refractivity contribution in [2.45, 2.75) is 16.3 Å². The number of nitrogens with two attached hydrogens (primary N) is 1. The van der Waals surface area contributed by atoms with E-state index in [0.717, 1.165) is 16.7 Å². The second-order valence-corrected chi connectivity index (χ2v) is 4.75. The van der Waals surface area contributed by atoms with Crippen molar-refractivity contribution in [3.8, 4) is 0 Å². The van der Waals surface area contributed by atoms with Gasteiger partial charge in [0.25, 0.3) is 0 Å². The maximum atomic E-state index is 13.1. The molecule has 0 aliphatic rings. The summed E-state index contributed by atoms with van der Waals surface area (Å²) in [4.78, 5) is 4.85. The summed E-state index contributed by atoms with van der Waals surface area (Å²) in [6, 6.07) is 7.58. The van der Waals surface area contributed by atoms with E-state index in [1.807, 2.05) is 12.1 Å². The minimum absolute atomic E-state index is 0.525. The predicted octanol–water partition coefficient (Wildman–Crippen LogP) is 3.01. The first-order valence-corrected chi connectivity index (χ1v) is 6.29. The Hall–Kier alpha value is -1.46. The van der Waals surface area contributed by atoms with Crippen LogP contribution in [0.25, 0.3) is 0 Å². The summed E-state index contributed by atoms with van der Waals surface area (Å²) in [7, 11) is 0. The molecule has 0 unspecified atom stereocenters. The van der Waals surface area contributed by atoms with Crippen LogP contribution in [0.4, 0.5) is 8.78 Å². The highest BCUT2D eigenvalue weighted by atomic mass is 32.2. The molecule has 1 heterocycles. The zero-order chi connectivity index (χ0) is 13.0. The Morgan fingerprint density at radius 1 is 1.17 bits per heavy atom. The normalized spacial score (nSPS) is 10.6. The topological polar surface area (TPSA) is 38.9 Å². The van der Waals surface area contributed by atoms with Gasteiger partial charge in [0.15, 0.2) is 11.6 Å². The van der Waals surface area contributed by atoms with E-state index in [9.17, 15) is 8.78 Å². The van der Waals surface area contributed by atoms with E-state index in [4.69, 9.17) is 5.73 Å². The van der Waals surface area contributed by atoms with Gasteiger partial charge in [-0.25, -0.2) is 13.8 Å². The molecule has 0 aliphatic heterocycles. The van der Waals surface area contributed by atoms with Crippen molar-refractivity contribution < 1.29 is 8.78 Å². The van der Waals surface area contributed by atoms with E-state index in [-0.39, 0.29) is 0 Å². The number of benzene rings is 1. The molecule has 2 rings (SSSR count). The lowest BCUT2D eigenvalue weighted by Crippen LogP contribution is -2.04. The van der Waals surface area contributed by atoms with E-state index in [2.05, 4.69) is 4.98 Å². The summed E-state index contributed by atoms with van der Waals surface area (Å²) in [5, 5.41) is 0.772. The fraction of sp³-hybridized carbons (Fsp3) is 0.154. The fourth-order valence-electron chi connectivity index (χ4n) is 1.51. The van der Waals surface area contributed by atoms with Crippen LogP contribution in [0.3, 0.4) is 0 Å². The van der Waals surface area contributed by atoms with Gasteiger partial charge < -0.3 is 5.73 Å². The highest BCUT2D eigenvalue weighted by Crippen LogP contribution is 2.29. The minimum atomic E-state index is -0.851. The van der Waals surface area contributed by atoms with Crippen LogP contribution in [0.15, 0.2) is 46.5 Å². The number of hydrogen-bond donors (Lipinski definition) is 1. The third-order valence-electron chi connectivity index (χ3n) is 2.37. The third kappa shape index (κ3) is 3.05. The number of aromatic nitrogens is 1. The number of halogens is 2. The SMILES string of the molecule is NCCc1cccnc1Sc1ccc(F)c(F)c1. The maximum absolute atomic E-state index is 13.1. The van der Waals surface area contributed by atoms with Crippen LogP contribution in [0.2, 0.25) is 0 Å². The molecular weight excluding hydrogens is 254 g/mol. The number of pyridine rings is 1. The second-order valence-electron chi connectivity index (χ2n) is 3.68. The minimum Gasteiger partial charge on any atom is -0.330 e. The zero-order valence-corrected chi connectivity index (χ0v) is 10.4. The van der Waals surface area contributed by atoms with Crippen LogP contribution in [0.1, 0.15) is 5.56 Å². The highest BCUT2D eigenvalue weighted by Gasteiger charge is 2.07. The van der Waals surface area contributed by atoms with Crippen LogP contribution in [-0.4, -0.2) is 11.5 Å². The molecule has 94 valence electrons. The van der Waals surface area contributed by atoms with Gasteiger partial charge in [-0.1, -0.05) is 17.8 Å². The summed E-state index contributed by atoms with van der Waals surface area (Å²) in [5.41, 5.74) is 6.53. The van der Waals surface area contributed by atoms with Crippen molar-refractivity contribution in [1.29, 1.82) is 0 Å². The lowest BCUT2D eigenvalue weighted by atomic mass is 10.2. The molecule has 0 atom stereocenters. The lowest BCUT2D eigenvalue weighted by Gasteiger charge is -2.07. The highest BCUT2D eigenvalue weighted by molar-refractivity contribution is 7.99. The molecule has 2 aromatic rings. The third-order valence-corrected chi connectivity index (χ3v) is 3.42. The second kappa shape index (κ2) is 5.93. The van der Waals surface area contributed by atoms with Gasteiger partial charge >= 0.3 is 0 Å². The van der Waals surface area contributed by atoms with E-state index in [1.165, 1.54) is 23.9 Å². The average Bonchev–Trinajstić information content (AvgIpc) is 2.37. The van der Waals surface area contributed by atoms with Crippen molar-refractivity contribution in [3.63, 3.8) is 0 Å². The van der Waals surface area contributed by atoms with E-state index in [1.54, 1.807) is 6.20 Å². The summed E-state index contributed by atoms with van der Waals surface area (Å²) < 4.78 is 25.9. The van der Waals surface area contributed by atoms with Gasteiger partial charge in [0.1, 0.15) is 5.03 Å². The maximum Gasteiger partial charge on any atom is 0.159 e. The Morgan fingerprint density at radius 2 is 2.00 bits per heavy atom. The van der Waals surface area contributed by atoms with Gasteiger partial charge in [0, 0.05) is 11.1 Å². The van der Waals surface area contributed by atoms with Gasteiger partial charge in [0.2, 0.25) is 0 Å². The van der Waals surface area contributed by atoms with Crippen LogP contribution in [0.5, 0.6) is 0 Å². The Bertz CT molecular complexity index is 546. The van der Waals surface area contributed by atoms with Gasteiger partial charge in [-0.05, 0) is 42.8 Å². The molecule has 0 bridgehead atoms. The molecule has 0 saturated heterocycles. The number of rotatable bonds is 4. The summed E-state index contributed by atoms with van der Waals surface area (Å²) >= 11 is 1.30. The summed E-state index contributed by atoms with van der Waals surface area (Å²) in [5.74, 6) is -1.70. The molecule has 0 saturated carbocycles. The van der Waals surface area contributed by atoms with Gasteiger partial charge in [-0.15, -0.1) is 0 Å². The van der Waals surface area contributed by atoms with Crippen molar-refractivity contribution in [3.05, 3.63) is 53.7 Å². The molecule has 1 aromatic carbocycles. The molecule has 0 spiro atoms. The molecule has 0 amide bonds. The van der Waals surface area contributed by atoms with Gasteiger partial charge in [-0.2, -0.15) is 0 Å². The Balaban J connectivity index is 2.25. The van der Waals surface area contributed by atoms with E-state index < -0.39 is 11.6 Å². The molecule has 5 heteroatoms. The molecule has 0 radical (unpaired) electrons. The Kier molecular flexibility index (Phi) is 4.28. The molecule has 18 heavy (non-hydrogen) atoms. The molecule has 2 N–H and O–H groups in total. The molecule has 1 aromatic heterocycles. The summed E-state index contributed by atoms with van der Waals surface area (Å²) in [6.45, 7) is 0.525. The monoisotopic (exact) mass is 266 g/mol. The first-order chi connectivity index (χ1) is 8.70. The van der Waals surface area contributed by atoms with Crippen LogP contribution >= 0.6 is 11.8 Å². The van der Waals surface area contributed by atoms with Crippen molar-refractivity contribution in [2.24, 2.45) is 5.73 Å². The Labute approximate surface area is 108 Å². The first-order valence-electron chi connectivity index (χ1n) is 5.47. The van der Waals surface area contributed by atoms with Crippen molar-refractivity contribution in [2.75, 3.05) is 6.54 Å². The average molecular weight is 266 g/mol. The predicted molar refractivity (Wildman–Crippen MR) is 67.5 cm³/mol. The lowest BCUT2D eigenvalue weighted by molar-refractivity contribution is 0.506. The number of hydrogen-bond acceptors (Lipinski definition) is 3.